The van der Waals surface area contributed by atoms with Gasteiger partial charge in [0.15, 0.2) is 0 Å². The van der Waals surface area contributed by atoms with E-state index in [1.54, 1.807) is 0 Å². The van der Waals surface area contributed by atoms with Crippen LogP contribution < -0.4 is 10.6 Å². The van der Waals surface area contributed by atoms with Gasteiger partial charge in [-0.15, -0.1) is 0 Å². The molecule has 1 aromatic rings. The SMILES string of the molecule is CCN(c1cccc(Cl)c1CCN)C1CCCC1. The van der Waals surface area contributed by atoms with Crippen molar-refractivity contribution in [2.75, 3.05) is 18.0 Å². The number of nitrogens with zero attached hydrogens (tertiary/aromatic N) is 1. The molecular weight excluding hydrogens is 244 g/mol. The zero-order valence-electron chi connectivity index (χ0n) is 11.2. The Morgan fingerprint density at radius 1 is 1.33 bits per heavy atom. The van der Waals surface area contributed by atoms with Gasteiger partial charge in [-0.05, 0) is 50.4 Å². The van der Waals surface area contributed by atoms with Crippen molar-refractivity contribution in [1.82, 2.24) is 0 Å². The monoisotopic (exact) mass is 266 g/mol. The maximum atomic E-state index is 6.33. The van der Waals surface area contributed by atoms with Crippen LogP contribution in [0.15, 0.2) is 18.2 Å². The van der Waals surface area contributed by atoms with Crippen LogP contribution in [0.1, 0.15) is 38.2 Å². The highest BCUT2D eigenvalue weighted by molar-refractivity contribution is 6.31. The van der Waals surface area contributed by atoms with Gasteiger partial charge in [-0.1, -0.05) is 30.5 Å². The molecule has 2 nitrogen and oxygen atoms in total. The molecule has 1 aliphatic rings. The van der Waals surface area contributed by atoms with Crippen molar-refractivity contribution in [3.05, 3.63) is 28.8 Å². The third-order valence-electron chi connectivity index (χ3n) is 3.90. The van der Waals surface area contributed by atoms with E-state index in [1.165, 1.54) is 36.9 Å². The third kappa shape index (κ3) is 2.81. The number of benzene rings is 1. The Labute approximate surface area is 115 Å². The van der Waals surface area contributed by atoms with Gasteiger partial charge in [-0.25, -0.2) is 0 Å². The molecule has 1 saturated carbocycles. The van der Waals surface area contributed by atoms with Crippen LogP contribution in [0.3, 0.4) is 0 Å². The second kappa shape index (κ2) is 6.44. The lowest BCUT2D eigenvalue weighted by Gasteiger charge is -2.32. The van der Waals surface area contributed by atoms with Gasteiger partial charge in [0.25, 0.3) is 0 Å². The van der Waals surface area contributed by atoms with Crippen LogP contribution in [0, 0.1) is 0 Å². The molecule has 0 atom stereocenters. The van der Waals surface area contributed by atoms with Gasteiger partial charge in [0.2, 0.25) is 0 Å². The summed E-state index contributed by atoms with van der Waals surface area (Å²) in [6.07, 6.45) is 6.19. The van der Waals surface area contributed by atoms with Gasteiger partial charge in [0, 0.05) is 23.3 Å². The molecule has 0 amide bonds. The second-order valence-corrected chi connectivity index (χ2v) is 5.41. The summed E-state index contributed by atoms with van der Waals surface area (Å²) in [5, 5.41) is 0.856. The minimum absolute atomic E-state index is 0.652. The molecule has 100 valence electrons. The Bertz CT molecular complexity index is 386. The standard InChI is InChI=1S/C15H23ClN2/c1-2-18(12-6-3-4-7-12)15-9-5-8-14(16)13(15)10-11-17/h5,8-9,12H,2-4,6-7,10-11,17H2,1H3. The summed E-state index contributed by atoms with van der Waals surface area (Å²) < 4.78 is 0. The first kappa shape index (κ1) is 13.7. The van der Waals surface area contributed by atoms with Crippen molar-refractivity contribution in [3.8, 4) is 0 Å². The summed E-state index contributed by atoms with van der Waals surface area (Å²) in [4.78, 5) is 2.52. The maximum Gasteiger partial charge on any atom is 0.0459 e. The smallest absolute Gasteiger partial charge is 0.0459 e. The molecule has 0 heterocycles. The highest BCUT2D eigenvalue weighted by Crippen LogP contribution is 2.33. The lowest BCUT2D eigenvalue weighted by atomic mass is 10.1. The molecule has 2 N–H and O–H groups in total. The molecule has 0 aliphatic heterocycles. The van der Waals surface area contributed by atoms with Crippen LogP contribution in [0.5, 0.6) is 0 Å². The van der Waals surface area contributed by atoms with Crippen molar-refractivity contribution in [1.29, 1.82) is 0 Å². The summed E-state index contributed by atoms with van der Waals surface area (Å²) in [5.41, 5.74) is 8.23. The highest BCUT2D eigenvalue weighted by atomic mass is 35.5. The largest absolute Gasteiger partial charge is 0.369 e. The summed E-state index contributed by atoms with van der Waals surface area (Å²) in [6.45, 7) is 3.92. The average Bonchev–Trinajstić information content (AvgIpc) is 2.88. The summed E-state index contributed by atoms with van der Waals surface area (Å²) in [7, 11) is 0. The quantitative estimate of drug-likeness (QED) is 0.882. The topological polar surface area (TPSA) is 29.3 Å². The Morgan fingerprint density at radius 3 is 2.67 bits per heavy atom. The molecule has 0 radical (unpaired) electrons. The van der Waals surface area contributed by atoms with Crippen LogP contribution in [0.4, 0.5) is 5.69 Å². The van der Waals surface area contributed by atoms with E-state index in [1.807, 2.05) is 6.07 Å². The molecule has 0 saturated heterocycles. The van der Waals surface area contributed by atoms with Gasteiger partial charge in [0.1, 0.15) is 0 Å². The average molecular weight is 267 g/mol. The molecule has 18 heavy (non-hydrogen) atoms. The molecular formula is C15H23ClN2. The molecule has 1 aliphatic carbocycles. The second-order valence-electron chi connectivity index (χ2n) is 5.00. The van der Waals surface area contributed by atoms with E-state index in [2.05, 4.69) is 24.0 Å². The third-order valence-corrected chi connectivity index (χ3v) is 4.26. The Hall–Kier alpha value is -0.730. The highest BCUT2D eigenvalue weighted by Gasteiger charge is 2.23. The minimum atomic E-state index is 0.652. The molecule has 2 rings (SSSR count). The first-order chi connectivity index (χ1) is 8.77. The van der Waals surface area contributed by atoms with Crippen molar-refractivity contribution >= 4 is 17.3 Å². The van der Waals surface area contributed by atoms with E-state index >= 15 is 0 Å². The van der Waals surface area contributed by atoms with Gasteiger partial charge >= 0.3 is 0 Å². The molecule has 1 aromatic carbocycles. The number of nitrogens with two attached hydrogens (primary N) is 1. The van der Waals surface area contributed by atoms with Gasteiger partial charge in [-0.2, -0.15) is 0 Å². The fourth-order valence-electron chi connectivity index (χ4n) is 3.05. The predicted molar refractivity (Wildman–Crippen MR) is 79.5 cm³/mol. The number of halogens is 1. The first-order valence-electron chi connectivity index (χ1n) is 7.02. The fraction of sp³-hybridized carbons (Fsp3) is 0.600. The van der Waals surface area contributed by atoms with Crippen LogP contribution in [-0.2, 0) is 6.42 Å². The van der Waals surface area contributed by atoms with E-state index in [9.17, 15) is 0 Å². The van der Waals surface area contributed by atoms with Crippen LogP contribution in [0.25, 0.3) is 0 Å². The van der Waals surface area contributed by atoms with E-state index in [0.29, 0.717) is 12.6 Å². The van der Waals surface area contributed by atoms with Crippen molar-refractivity contribution < 1.29 is 0 Å². The first-order valence-corrected chi connectivity index (χ1v) is 7.39. The predicted octanol–water partition coefficient (Wildman–Crippen LogP) is 3.61. The Morgan fingerprint density at radius 2 is 2.06 bits per heavy atom. The Balaban J connectivity index is 2.31. The zero-order chi connectivity index (χ0) is 13.0. The van der Waals surface area contributed by atoms with Crippen molar-refractivity contribution in [2.45, 2.75) is 45.1 Å². The van der Waals surface area contributed by atoms with E-state index in [4.69, 9.17) is 17.3 Å². The summed E-state index contributed by atoms with van der Waals surface area (Å²) in [5.74, 6) is 0. The minimum Gasteiger partial charge on any atom is -0.369 e. The normalized spacial score (nSPS) is 16.2. The number of rotatable bonds is 5. The zero-order valence-corrected chi connectivity index (χ0v) is 11.9. The molecule has 0 unspecified atom stereocenters. The van der Waals surface area contributed by atoms with Crippen LogP contribution >= 0.6 is 11.6 Å². The molecule has 3 heteroatoms. The molecule has 0 spiro atoms. The van der Waals surface area contributed by atoms with Crippen molar-refractivity contribution in [2.24, 2.45) is 5.73 Å². The fourth-order valence-corrected chi connectivity index (χ4v) is 3.31. The lowest BCUT2D eigenvalue weighted by molar-refractivity contribution is 0.617. The van der Waals surface area contributed by atoms with Crippen molar-refractivity contribution in [3.63, 3.8) is 0 Å². The number of anilines is 1. The van der Waals surface area contributed by atoms with E-state index in [0.717, 1.165) is 18.0 Å². The molecule has 1 fully saturated rings. The molecule has 0 aromatic heterocycles. The maximum absolute atomic E-state index is 6.33. The Kier molecular flexibility index (Phi) is 4.90. The van der Waals surface area contributed by atoms with E-state index < -0.39 is 0 Å². The van der Waals surface area contributed by atoms with Gasteiger partial charge in [0.05, 0.1) is 0 Å². The van der Waals surface area contributed by atoms with Gasteiger partial charge < -0.3 is 10.6 Å². The number of hydrogen-bond donors (Lipinski definition) is 1. The number of hydrogen-bond acceptors (Lipinski definition) is 2. The summed E-state index contributed by atoms with van der Waals surface area (Å²) in [6, 6.07) is 6.90. The summed E-state index contributed by atoms with van der Waals surface area (Å²) >= 11 is 6.33. The van der Waals surface area contributed by atoms with Crippen LogP contribution in [-0.4, -0.2) is 19.1 Å². The van der Waals surface area contributed by atoms with Crippen LogP contribution in [0.2, 0.25) is 5.02 Å². The van der Waals surface area contributed by atoms with E-state index in [-0.39, 0.29) is 0 Å². The molecule has 0 bridgehead atoms. The lowest BCUT2D eigenvalue weighted by Crippen LogP contribution is -2.34. The van der Waals surface area contributed by atoms with Gasteiger partial charge in [-0.3, -0.25) is 0 Å².